The van der Waals surface area contributed by atoms with Crippen molar-refractivity contribution in [3.8, 4) is 0 Å². The van der Waals surface area contributed by atoms with Crippen molar-refractivity contribution in [1.82, 2.24) is 15.5 Å². The zero-order valence-electron chi connectivity index (χ0n) is 13.9. The SMILES string of the molecule is CN=C(NCc1ccc(CN(C)C)cc1)NC1CCCC1.I. The van der Waals surface area contributed by atoms with Gasteiger partial charge in [-0.3, -0.25) is 4.99 Å². The molecule has 22 heavy (non-hydrogen) atoms. The molecule has 1 aromatic carbocycles. The van der Waals surface area contributed by atoms with E-state index in [0.717, 1.165) is 19.0 Å². The maximum atomic E-state index is 4.31. The van der Waals surface area contributed by atoms with Crippen LogP contribution in [0, 0.1) is 0 Å². The summed E-state index contributed by atoms with van der Waals surface area (Å²) in [6, 6.07) is 9.37. The fourth-order valence-electron chi connectivity index (χ4n) is 2.77. The van der Waals surface area contributed by atoms with Crippen LogP contribution in [-0.2, 0) is 13.1 Å². The molecule has 1 aliphatic rings. The summed E-state index contributed by atoms with van der Waals surface area (Å²) in [4.78, 5) is 6.49. The third-order valence-electron chi connectivity index (χ3n) is 3.90. The molecule has 1 aliphatic carbocycles. The monoisotopic (exact) mass is 416 g/mol. The molecule has 4 nitrogen and oxygen atoms in total. The number of rotatable bonds is 5. The molecule has 0 heterocycles. The van der Waals surface area contributed by atoms with Gasteiger partial charge in [0.2, 0.25) is 0 Å². The predicted molar refractivity (Wildman–Crippen MR) is 105 cm³/mol. The van der Waals surface area contributed by atoms with Crippen molar-refractivity contribution in [3.63, 3.8) is 0 Å². The Balaban J connectivity index is 0.00000242. The summed E-state index contributed by atoms with van der Waals surface area (Å²) in [6.45, 7) is 1.80. The quantitative estimate of drug-likeness (QED) is 0.441. The van der Waals surface area contributed by atoms with Crippen LogP contribution in [0.2, 0.25) is 0 Å². The van der Waals surface area contributed by atoms with E-state index in [1.165, 1.54) is 36.8 Å². The molecule has 0 amide bonds. The van der Waals surface area contributed by atoms with Crippen LogP contribution in [0.25, 0.3) is 0 Å². The lowest BCUT2D eigenvalue weighted by Gasteiger charge is -2.17. The Morgan fingerprint density at radius 3 is 2.27 bits per heavy atom. The fraction of sp³-hybridized carbons (Fsp3) is 0.588. The van der Waals surface area contributed by atoms with Crippen molar-refractivity contribution in [2.75, 3.05) is 21.1 Å². The number of hydrogen-bond donors (Lipinski definition) is 2. The van der Waals surface area contributed by atoms with Gasteiger partial charge in [-0.2, -0.15) is 0 Å². The molecule has 0 unspecified atom stereocenters. The van der Waals surface area contributed by atoms with E-state index in [0.29, 0.717) is 6.04 Å². The summed E-state index contributed by atoms with van der Waals surface area (Å²) >= 11 is 0. The molecule has 0 aromatic heterocycles. The van der Waals surface area contributed by atoms with Crippen LogP contribution in [-0.4, -0.2) is 38.0 Å². The summed E-state index contributed by atoms with van der Waals surface area (Å²) in [7, 11) is 6.02. The van der Waals surface area contributed by atoms with Crippen molar-refractivity contribution in [1.29, 1.82) is 0 Å². The van der Waals surface area contributed by atoms with Gasteiger partial charge in [0.15, 0.2) is 5.96 Å². The zero-order chi connectivity index (χ0) is 15.1. The van der Waals surface area contributed by atoms with E-state index in [1.807, 2.05) is 7.05 Å². The summed E-state index contributed by atoms with van der Waals surface area (Å²) in [5.74, 6) is 0.916. The first-order valence-electron chi connectivity index (χ1n) is 7.87. The Labute approximate surface area is 151 Å². The highest BCUT2D eigenvalue weighted by atomic mass is 127. The first kappa shape index (κ1) is 19.2. The standard InChI is InChI=1S/C17H28N4.HI/c1-18-17(20-16-6-4-5-7-16)19-12-14-8-10-15(11-9-14)13-21(2)3;/h8-11,16H,4-7,12-13H2,1-3H3,(H2,18,19,20);1H. The lowest BCUT2D eigenvalue weighted by atomic mass is 10.1. The van der Waals surface area contributed by atoms with Crippen LogP contribution in [0.3, 0.4) is 0 Å². The average Bonchev–Trinajstić information content (AvgIpc) is 2.97. The smallest absolute Gasteiger partial charge is 0.191 e. The van der Waals surface area contributed by atoms with Crippen LogP contribution in [0.4, 0.5) is 0 Å². The molecule has 0 spiro atoms. The van der Waals surface area contributed by atoms with Crippen LogP contribution in [0.5, 0.6) is 0 Å². The lowest BCUT2D eigenvalue weighted by Crippen LogP contribution is -2.41. The van der Waals surface area contributed by atoms with Gasteiger partial charge in [-0.25, -0.2) is 0 Å². The van der Waals surface area contributed by atoms with E-state index in [-0.39, 0.29) is 24.0 Å². The molecule has 2 rings (SSSR count). The highest BCUT2D eigenvalue weighted by molar-refractivity contribution is 14.0. The molecule has 1 fully saturated rings. The average molecular weight is 416 g/mol. The van der Waals surface area contributed by atoms with E-state index in [4.69, 9.17) is 0 Å². The number of nitrogens with zero attached hydrogens (tertiary/aromatic N) is 2. The van der Waals surface area contributed by atoms with Crippen molar-refractivity contribution in [2.45, 2.75) is 44.8 Å². The zero-order valence-corrected chi connectivity index (χ0v) is 16.3. The fourth-order valence-corrected chi connectivity index (χ4v) is 2.77. The molecule has 0 bridgehead atoms. The second kappa shape index (κ2) is 10.0. The number of nitrogens with one attached hydrogen (secondary N) is 2. The van der Waals surface area contributed by atoms with Gasteiger partial charge in [0.1, 0.15) is 0 Å². The topological polar surface area (TPSA) is 39.7 Å². The molecule has 5 heteroatoms. The third kappa shape index (κ3) is 6.52. The number of guanidine groups is 1. The molecule has 0 atom stereocenters. The third-order valence-corrected chi connectivity index (χ3v) is 3.90. The number of benzene rings is 1. The summed E-state index contributed by atoms with van der Waals surface area (Å²) in [6.07, 6.45) is 5.20. The van der Waals surface area contributed by atoms with Gasteiger partial charge >= 0.3 is 0 Å². The highest BCUT2D eigenvalue weighted by Gasteiger charge is 2.15. The van der Waals surface area contributed by atoms with Crippen LogP contribution >= 0.6 is 24.0 Å². The summed E-state index contributed by atoms with van der Waals surface area (Å²) < 4.78 is 0. The Morgan fingerprint density at radius 1 is 1.14 bits per heavy atom. The second-order valence-electron chi connectivity index (χ2n) is 6.11. The van der Waals surface area contributed by atoms with Crippen molar-refractivity contribution in [2.24, 2.45) is 4.99 Å². The van der Waals surface area contributed by atoms with Gasteiger partial charge in [0, 0.05) is 26.2 Å². The van der Waals surface area contributed by atoms with E-state index in [1.54, 1.807) is 0 Å². The maximum absolute atomic E-state index is 4.31. The maximum Gasteiger partial charge on any atom is 0.191 e. The van der Waals surface area contributed by atoms with Crippen LogP contribution in [0.15, 0.2) is 29.3 Å². The lowest BCUT2D eigenvalue weighted by molar-refractivity contribution is 0.402. The first-order chi connectivity index (χ1) is 10.2. The van der Waals surface area contributed by atoms with Gasteiger partial charge in [-0.15, -0.1) is 24.0 Å². The van der Waals surface area contributed by atoms with Crippen molar-refractivity contribution < 1.29 is 0 Å². The van der Waals surface area contributed by atoms with Gasteiger partial charge in [-0.1, -0.05) is 37.1 Å². The molecule has 0 aliphatic heterocycles. The Kier molecular flexibility index (Phi) is 8.78. The van der Waals surface area contributed by atoms with Gasteiger partial charge < -0.3 is 15.5 Å². The Bertz CT molecular complexity index is 450. The minimum absolute atomic E-state index is 0. The molecule has 0 saturated heterocycles. The van der Waals surface area contributed by atoms with E-state index in [9.17, 15) is 0 Å². The van der Waals surface area contributed by atoms with Gasteiger partial charge in [0.25, 0.3) is 0 Å². The second-order valence-corrected chi connectivity index (χ2v) is 6.11. The minimum Gasteiger partial charge on any atom is -0.354 e. The van der Waals surface area contributed by atoms with E-state index < -0.39 is 0 Å². The molecule has 2 N–H and O–H groups in total. The molecular formula is C17H29IN4. The summed E-state index contributed by atoms with van der Waals surface area (Å²) in [5, 5.41) is 6.91. The first-order valence-corrected chi connectivity index (χ1v) is 7.87. The van der Waals surface area contributed by atoms with Gasteiger partial charge in [-0.05, 0) is 38.1 Å². The minimum atomic E-state index is 0. The molecule has 124 valence electrons. The number of aliphatic imine (C=N–C) groups is 1. The summed E-state index contributed by atoms with van der Waals surface area (Å²) in [5.41, 5.74) is 2.63. The number of hydrogen-bond acceptors (Lipinski definition) is 2. The normalized spacial score (nSPS) is 15.7. The molecular weight excluding hydrogens is 387 g/mol. The molecule has 0 radical (unpaired) electrons. The Hall–Kier alpha value is -0.820. The van der Waals surface area contributed by atoms with Crippen molar-refractivity contribution in [3.05, 3.63) is 35.4 Å². The Morgan fingerprint density at radius 2 is 1.73 bits per heavy atom. The van der Waals surface area contributed by atoms with E-state index >= 15 is 0 Å². The van der Waals surface area contributed by atoms with Crippen LogP contribution < -0.4 is 10.6 Å². The largest absolute Gasteiger partial charge is 0.354 e. The highest BCUT2D eigenvalue weighted by Crippen LogP contribution is 2.17. The number of halogens is 1. The molecule has 1 aromatic rings. The van der Waals surface area contributed by atoms with E-state index in [2.05, 4.69) is 58.9 Å². The van der Waals surface area contributed by atoms with Crippen LogP contribution in [0.1, 0.15) is 36.8 Å². The molecule has 1 saturated carbocycles. The van der Waals surface area contributed by atoms with Gasteiger partial charge in [0.05, 0.1) is 0 Å². The van der Waals surface area contributed by atoms with Crippen molar-refractivity contribution >= 4 is 29.9 Å². The predicted octanol–water partition coefficient (Wildman–Crippen LogP) is 2.97.